The van der Waals surface area contributed by atoms with E-state index in [1.54, 1.807) is 6.20 Å². The van der Waals surface area contributed by atoms with Gasteiger partial charge in [0.25, 0.3) is 0 Å². The average Bonchev–Trinajstić information content (AvgIpc) is 1.86. The zero-order chi connectivity index (χ0) is 8.48. The van der Waals surface area contributed by atoms with Crippen LogP contribution in [0.2, 0.25) is 5.28 Å². The van der Waals surface area contributed by atoms with Gasteiger partial charge in [0.1, 0.15) is 0 Å². The number of nitrogens with zero attached hydrogens (tertiary/aromatic N) is 3. The Morgan fingerprint density at radius 3 is 2.36 bits per heavy atom. The largest absolute Gasteiger partial charge is 0.243 e. The molecule has 0 radical (unpaired) electrons. The van der Waals surface area contributed by atoms with E-state index in [2.05, 4.69) is 15.2 Å². The molecule has 0 N–H and O–H groups in total. The molecule has 0 atom stereocenters. The summed E-state index contributed by atoms with van der Waals surface area (Å²) >= 11 is 5.57. The lowest BCUT2D eigenvalue weighted by molar-refractivity contribution is 0.560. The van der Waals surface area contributed by atoms with Gasteiger partial charge in [-0.2, -0.15) is 5.10 Å². The Bertz CT molecular complexity index is 254. The van der Waals surface area contributed by atoms with Gasteiger partial charge in [-0.25, -0.2) is 4.98 Å². The first-order valence-electron chi connectivity index (χ1n) is 3.36. The summed E-state index contributed by atoms with van der Waals surface area (Å²) in [5.41, 5.74) is 0.844. The Morgan fingerprint density at radius 2 is 2.00 bits per heavy atom. The van der Waals surface area contributed by atoms with Gasteiger partial charge in [-0.3, -0.25) is 0 Å². The topological polar surface area (TPSA) is 38.7 Å². The summed E-state index contributed by atoms with van der Waals surface area (Å²) in [5.74, 6) is 0. The van der Waals surface area contributed by atoms with Crippen LogP contribution in [0, 0.1) is 0 Å². The highest BCUT2D eigenvalue weighted by Crippen LogP contribution is 2.18. The second-order valence-electron chi connectivity index (χ2n) is 3.36. The fraction of sp³-hybridized carbons (Fsp3) is 0.571. The van der Waals surface area contributed by atoms with Gasteiger partial charge in [0.15, 0.2) is 0 Å². The maximum atomic E-state index is 5.57. The van der Waals surface area contributed by atoms with Crippen molar-refractivity contribution in [3.63, 3.8) is 0 Å². The molecule has 1 heterocycles. The monoisotopic (exact) mass is 171 g/mol. The Labute approximate surface area is 70.8 Å². The van der Waals surface area contributed by atoms with E-state index in [1.165, 1.54) is 0 Å². The van der Waals surface area contributed by atoms with Crippen LogP contribution < -0.4 is 0 Å². The lowest BCUT2D eigenvalue weighted by atomic mass is 9.93. The summed E-state index contributed by atoms with van der Waals surface area (Å²) in [6.45, 7) is 6.15. The molecule has 1 aromatic heterocycles. The van der Waals surface area contributed by atoms with Crippen LogP contribution in [-0.2, 0) is 5.41 Å². The standard InChI is InChI=1S/C7H10ClN3/c1-7(2,3)5-4-9-11-6(8)10-5/h4H,1-3H3. The molecule has 60 valence electrons. The van der Waals surface area contributed by atoms with Gasteiger partial charge in [0.05, 0.1) is 11.9 Å². The molecule has 0 aromatic carbocycles. The molecule has 11 heavy (non-hydrogen) atoms. The van der Waals surface area contributed by atoms with Crippen molar-refractivity contribution in [1.29, 1.82) is 0 Å². The van der Waals surface area contributed by atoms with Gasteiger partial charge < -0.3 is 0 Å². The summed E-state index contributed by atoms with van der Waals surface area (Å²) in [6, 6.07) is 0. The van der Waals surface area contributed by atoms with Crippen LogP contribution in [0.25, 0.3) is 0 Å². The Hall–Kier alpha value is -0.700. The van der Waals surface area contributed by atoms with Crippen molar-refractivity contribution in [3.05, 3.63) is 17.2 Å². The van der Waals surface area contributed by atoms with E-state index in [9.17, 15) is 0 Å². The first-order valence-corrected chi connectivity index (χ1v) is 3.73. The molecule has 0 amide bonds. The van der Waals surface area contributed by atoms with E-state index in [4.69, 9.17) is 11.6 Å². The lowest BCUT2D eigenvalue weighted by Gasteiger charge is -2.15. The third-order valence-electron chi connectivity index (χ3n) is 1.30. The number of aromatic nitrogens is 3. The van der Waals surface area contributed by atoms with Crippen molar-refractivity contribution in [2.24, 2.45) is 0 Å². The van der Waals surface area contributed by atoms with Crippen LogP contribution in [0.1, 0.15) is 26.5 Å². The number of hydrogen-bond donors (Lipinski definition) is 0. The number of rotatable bonds is 0. The molecule has 0 unspecified atom stereocenters. The molecule has 0 spiro atoms. The van der Waals surface area contributed by atoms with Crippen molar-refractivity contribution in [1.82, 2.24) is 15.2 Å². The molecule has 0 bridgehead atoms. The molecule has 4 heteroatoms. The summed E-state index contributed by atoms with van der Waals surface area (Å²) in [4.78, 5) is 4.04. The van der Waals surface area contributed by atoms with Gasteiger partial charge in [-0.05, 0) is 11.6 Å². The summed E-state index contributed by atoms with van der Waals surface area (Å²) in [7, 11) is 0. The summed E-state index contributed by atoms with van der Waals surface area (Å²) in [6.07, 6.45) is 1.63. The second-order valence-corrected chi connectivity index (χ2v) is 3.70. The number of hydrogen-bond acceptors (Lipinski definition) is 3. The van der Waals surface area contributed by atoms with Crippen molar-refractivity contribution in [3.8, 4) is 0 Å². The minimum absolute atomic E-state index is 0.0143. The minimum atomic E-state index is -0.0143. The molecule has 0 fully saturated rings. The quantitative estimate of drug-likeness (QED) is 0.598. The lowest BCUT2D eigenvalue weighted by Crippen LogP contribution is -2.14. The molecular formula is C7H10ClN3. The average molecular weight is 172 g/mol. The Kier molecular flexibility index (Phi) is 2.09. The Morgan fingerprint density at radius 1 is 1.36 bits per heavy atom. The Balaban J connectivity index is 3.06. The third kappa shape index (κ3) is 2.12. The zero-order valence-electron chi connectivity index (χ0n) is 6.80. The minimum Gasteiger partial charge on any atom is -0.219 e. The fourth-order valence-electron chi connectivity index (χ4n) is 0.643. The van der Waals surface area contributed by atoms with Gasteiger partial charge >= 0.3 is 0 Å². The fourth-order valence-corrected chi connectivity index (χ4v) is 0.778. The van der Waals surface area contributed by atoms with Gasteiger partial charge in [0.2, 0.25) is 5.28 Å². The summed E-state index contributed by atoms with van der Waals surface area (Å²) in [5, 5.41) is 7.47. The molecule has 0 aliphatic carbocycles. The highest BCUT2D eigenvalue weighted by molar-refractivity contribution is 6.28. The summed E-state index contributed by atoms with van der Waals surface area (Å²) < 4.78 is 0. The molecular weight excluding hydrogens is 162 g/mol. The van der Waals surface area contributed by atoms with Crippen molar-refractivity contribution in [2.45, 2.75) is 26.2 Å². The van der Waals surface area contributed by atoms with Crippen LogP contribution in [0.3, 0.4) is 0 Å². The first kappa shape index (κ1) is 8.40. The first-order chi connectivity index (χ1) is 5.00. The normalized spacial score (nSPS) is 11.6. The van der Waals surface area contributed by atoms with E-state index in [-0.39, 0.29) is 10.7 Å². The zero-order valence-corrected chi connectivity index (χ0v) is 7.55. The van der Waals surface area contributed by atoms with E-state index < -0.39 is 0 Å². The van der Waals surface area contributed by atoms with E-state index >= 15 is 0 Å². The predicted octanol–water partition coefficient (Wildman–Crippen LogP) is 1.82. The van der Waals surface area contributed by atoms with Crippen molar-refractivity contribution >= 4 is 11.6 Å². The van der Waals surface area contributed by atoms with Crippen LogP contribution in [0.15, 0.2) is 6.20 Å². The van der Waals surface area contributed by atoms with Crippen molar-refractivity contribution < 1.29 is 0 Å². The van der Waals surface area contributed by atoms with Crippen LogP contribution in [0.4, 0.5) is 0 Å². The third-order valence-corrected chi connectivity index (χ3v) is 1.46. The maximum absolute atomic E-state index is 5.57. The molecule has 0 saturated carbocycles. The maximum Gasteiger partial charge on any atom is 0.243 e. The van der Waals surface area contributed by atoms with Gasteiger partial charge in [-0.15, -0.1) is 5.10 Å². The van der Waals surface area contributed by atoms with E-state index in [0.717, 1.165) is 5.69 Å². The SMILES string of the molecule is CC(C)(C)c1cnnc(Cl)n1. The van der Waals surface area contributed by atoms with E-state index in [1.807, 2.05) is 20.8 Å². The number of halogens is 1. The van der Waals surface area contributed by atoms with Crippen LogP contribution >= 0.6 is 11.6 Å². The molecule has 1 rings (SSSR count). The predicted molar refractivity (Wildman–Crippen MR) is 43.5 cm³/mol. The second kappa shape index (κ2) is 2.74. The smallest absolute Gasteiger partial charge is 0.219 e. The van der Waals surface area contributed by atoms with Crippen molar-refractivity contribution in [2.75, 3.05) is 0 Å². The molecule has 0 saturated heterocycles. The van der Waals surface area contributed by atoms with Gasteiger partial charge in [0, 0.05) is 5.41 Å². The molecule has 0 aliphatic heterocycles. The highest BCUT2D eigenvalue weighted by atomic mass is 35.5. The van der Waals surface area contributed by atoms with Gasteiger partial charge in [-0.1, -0.05) is 20.8 Å². The van der Waals surface area contributed by atoms with Crippen LogP contribution in [0.5, 0.6) is 0 Å². The van der Waals surface area contributed by atoms with Crippen LogP contribution in [-0.4, -0.2) is 15.2 Å². The van der Waals surface area contributed by atoms with E-state index in [0.29, 0.717) is 0 Å². The molecule has 3 nitrogen and oxygen atoms in total. The highest BCUT2D eigenvalue weighted by Gasteiger charge is 2.15. The molecule has 1 aromatic rings. The molecule has 0 aliphatic rings.